The number of methoxy groups -OCH3 is 1. The fourth-order valence-electron chi connectivity index (χ4n) is 1.72. The van der Waals surface area contributed by atoms with E-state index in [1.165, 1.54) is 38.3 Å². The Morgan fingerprint density at radius 3 is 2.35 bits per heavy atom. The number of nitrogens with zero attached hydrogens (tertiary/aromatic N) is 1. The quantitative estimate of drug-likeness (QED) is 0.199. The zero-order chi connectivity index (χ0) is 19.7. The minimum atomic E-state index is -3.96. The minimum Gasteiger partial charge on any atom is -0.462 e. The van der Waals surface area contributed by atoms with Crippen LogP contribution in [0.4, 0.5) is 5.69 Å². The minimum absolute atomic E-state index is 0.0558. The highest BCUT2D eigenvalue weighted by Gasteiger charge is 2.32. The fourth-order valence-corrected chi connectivity index (χ4v) is 3.20. The van der Waals surface area contributed by atoms with Gasteiger partial charge in [-0.2, -0.15) is 5.09 Å². The molecule has 0 saturated heterocycles. The SMILES string of the molecule is COCCOP(=O)(N[C@@H](C)C(=O)OC(C)C)Oc1ccc([N+](=O)[O-])cc1. The van der Waals surface area contributed by atoms with Crippen LogP contribution in [0.5, 0.6) is 5.75 Å². The molecule has 0 fully saturated rings. The molecule has 0 saturated carbocycles. The summed E-state index contributed by atoms with van der Waals surface area (Å²) in [6, 6.07) is 3.99. The number of rotatable bonds is 11. The van der Waals surface area contributed by atoms with Gasteiger partial charge in [-0.25, -0.2) is 4.57 Å². The number of nitro groups is 1. The largest absolute Gasteiger partial charge is 0.462 e. The fraction of sp³-hybridized carbons (Fsp3) is 0.533. The molecule has 0 aliphatic rings. The van der Waals surface area contributed by atoms with Crippen LogP contribution in [-0.2, 0) is 23.4 Å². The smallest absolute Gasteiger partial charge is 0.459 e. The molecule has 1 aromatic rings. The van der Waals surface area contributed by atoms with E-state index in [1.54, 1.807) is 13.8 Å². The Labute approximate surface area is 151 Å². The van der Waals surface area contributed by atoms with Gasteiger partial charge in [0, 0.05) is 19.2 Å². The monoisotopic (exact) mass is 390 g/mol. The summed E-state index contributed by atoms with van der Waals surface area (Å²) < 4.78 is 33.4. The molecule has 1 unspecified atom stereocenters. The van der Waals surface area contributed by atoms with Crippen LogP contribution in [0.2, 0.25) is 0 Å². The predicted molar refractivity (Wildman–Crippen MR) is 93.0 cm³/mol. The predicted octanol–water partition coefficient (Wildman–Crippen LogP) is 2.67. The number of non-ortho nitro benzene ring substituents is 1. The molecule has 0 aliphatic heterocycles. The number of nitro benzene ring substituents is 1. The summed E-state index contributed by atoms with van der Waals surface area (Å²) in [4.78, 5) is 22.0. The average molecular weight is 390 g/mol. The summed E-state index contributed by atoms with van der Waals surface area (Å²) in [6.45, 7) is 4.93. The highest BCUT2D eigenvalue weighted by molar-refractivity contribution is 7.52. The van der Waals surface area contributed by atoms with Gasteiger partial charge in [0.1, 0.15) is 11.8 Å². The lowest BCUT2D eigenvalue weighted by Crippen LogP contribution is -2.36. The molecule has 11 heteroatoms. The van der Waals surface area contributed by atoms with Crippen molar-refractivity contribution in [2.45, 2.75) is 32.9 Å². The van der Waals surface area contributed by atoms with Gasteiger partial charge in [-0.1, -0.05) is 0 Å². The molecule has 1 N–H and O–H groups in total. The molecule has 0 aliphatic carbocycles. The molecule has 0 amide bonds. The first kappa shape index (κ1) is 22.0. The standard InChI is InChI=1S/C15H23N2O8P/c1-11(2)24-15(18)12(3)16-26(21,23-10-9-22-4)25-14-7-5-13(6-8-14)17(19)20/h5-8,11-12H,9-10H2,1-4H3,(H,16,21)/t12-,26?/m0/s1. The molecule has 2 atom stereocenters. The second-order valence-electron chi connectivity index (χ2n) is 5.50. The molecule has 10 nitrogen and oxygen atoms in total. The van der Waals surface area contributed by atoms with Crippen molar-refractivity contribution in [1.82, 2.24) is 5.09 Å². The maximum atomic E-state index is 12.9. The second-order valence-corrected chi connectivity index (χ2v) is 7.20. The van der Waals surface area contributed by atoms with E-state index < -0.39 is 24.7 Å². The highest BCUT2D eigenvalue weighted by Crippen LogP contribution is 2.45. The van der Waals surface area contributed by atoms with Gasteiger partial charge in [0.2, 0.25) is 0 Å². The first-order chi connectivity index (χ1) is 12.2. The van der Waals surface area contributed by atoms with Gasteiger partial charge in [0.05, 0.1) is 24.2 Å². The third-order valence-electron chi connectivity index (χ3n) is 2.88. The van der Waals surface area contributed by atoms with Crippen LogP contribution in [0, 0.1) is 10.1 Å². The number of benzene rings is 1. The lowest BCUT2D eigenvalue weighted by atomic mass is 10.3. The lowest BCUT2D eigenvalue weighted by molar-refractivity contribution is -0.384. The van der Waals surface area contributed by atoms with Crippen LogP contribution in [-0.4, -0.2) is 43.4 Å². The zero-order valence-electron chi connectivity index (χ0n) is 15.0. The van der Waals surface area contributed by atoms with E-state index in [0.717, 1.165) is 0 Å². The topological polar surface area (TPSA) is 126 Å². The molecule has 0 radical (unpaired) electrons. The van der Waals surface area contributed by atoms with E-state index >= 15 is 0 Å². The van der Waals surface area contributed by atoms with Gasteiger partial charge >= 0.3 is 13.7 Å². The van der Waals surface area contributed by atoms with E-state index in [-0.39, 0.29) is 30.8 Å². The van der Waals surface area contributed by atoms with Crippen molar-refractivity contribution in [2.75, 3.05) is 20.3 Å². The maximum Gasteiger partial charge on any atom is 0.459 e. The molecule has 26 heavy (non-hydrogen) atoms. The normalized spacial score (nSPS) is 14.5. The summed E-state index contributed by atoms with van der Waals surface area (Å²) in [5, 5.41) is 13.2. The van der Waals surface area contributed by atoms with E-state index in [1.807, 2.05) is 0 Å². The van der Waals surface area contributed by atoms with Crippen LogP contribution in [0.1, 0.15) is 20.8 Å². The number of hydrogen-bond acceptors (Lipinski definition) is 8. The van der Waals surface area contributed by atoms with Crippen molar-refractivity contribution in [2.24, 2.45) is 0 Å². The Kier molecular flexibility index (Phi) is 8.67. The van der Waals surface area contributed by atoms with Crippen LogP contribution in [0.25, 0.3) is 0 Å². The van der Waals surface area contributed by atoms with Gasteiger partial charge in [-0.15, -0.1) is 0 Å². The maximum absolute atomic E-state index is 12.9. The lowest BCUT2D eigenvalue weighted by Gasteiger charge is -2.23. The van der Waals surface area contributed by atoms with Crippen molar-refractivity contribution < 1.29 is 32.8 Å². The molecule has 1 aromatic carbocycles. The Bertz CT molecular complexity index is 650. The summed E-state index contributed by atoms with van der Waals surface area (Å²) in [6.07, 6.45) is -0.337. The second kappa shape index (κ2) is 10.2. The van der Waals surface area contributed by atoms with E-state index in [0.29, 0.717) is 0 Å². The first-order valence-corrected chi connectivity index (χ1v) is 9.37. The molecule has 0 aromatic heterocycles. The number of carbonyl (C=O) groups excluding carboxylic acids is 1. The van der Waals surface area contributed by atoms with Gasteiger partial charge in [-0.3, -0.25) is 19.4 Å². The average Bonchev–Trinajstić information content (AvgIpc) is 2.54. The summed E-state index contributed by atoms with van der Waals surface area (Å²) in [5.74, 6) is -0.545. The van der Waals surface area contributed by atoms with E-state index in [2.05, 4.69) is 5.09 Å². The van der Waals surface area contributed by atoms with Gasteiger partial charge in [0.15, 0.2) is 0 Å². The molecule has 0 spiro atoms. The van der Waals surface area contributed by atoms with Crippen molar-refractivity contribution in [3.8, 4) is 5.75 Å². The molecule has 1 rings (SSSR count). The highest BCUT2D eigenvalue weighted by atomic mass is 31.2. The van der Waals surface area contributed by atoms with Crippen LogP contribution >= 0.6 is 7.75 Å². The zero-order valence-corrected chi connectivity index (χ0v) is 15.9. The Morgan fingerprint density at radius 1 is 1.23 bits per heavy atom. The Hall–Kier alpha value is -2.00. The third kappa shape index (κ3) is 7.49. The Balaban J connectivity index is 2.89. The summed E-state index contributed by atoms with van der Waals surface area (Å²) in [5.41, 5.74) is -0.144. The van der Waals surface area contributed by atoms with Gasteiger partial charge < -0.3 is 14.0 Å². The molecule has 146 valence electrons. The number of esters is 1. The van der Waals surface area contributed by atoms with Crippen molar-refractivity contribution in [3.05, 3.63) is 34.4 Å². The van der Waals surface area contributed by atoms with Crippen molar-refractivity contribution in [3.63, 3.8) is 0 Å². The van der Waals surface area contributed by atoms with Crippen LogP contribution in [0.3, 0.4) is 0 Å². The molecular weight excluding hydrogens is 367 g/mol. The van der Waals surface area contributed by atoms with Crippen molar-refractivity contribution >= 4 is 19.4 Å². The van der Waals surface area contributed by atoms with Gasteiger partial charge in [0.25, 0.3) is 5.69 Å². The van der Waals surface area contributed by atoms with Crippen molar-refractivity contribution in [1.29, 1.82) is 0 Å². The number of nitrogens with one attached hydrogen (secondary N) is 1. The van der Waals surface area contributed by atoms with Crippen LogP contribution in [0.15, 0.2) is 24.3 Å². The summed E-state index contributed by atoms with van der Waals surface area (Å²) >= 11 is 0. The molecule has 0 heterocycles. The summed E-state index contributed by atoms with van der Waals surface area (Å²) in [7, 11) is -2.52. The van der Waals surface area contributed by atoms with Gasteiger partial charge in [-0.05, 0) is 32.9 Å². The third-order valence-corrected chi connectivity index (χ3v) is 4.56. The van der Waals surface area contributed by atoms with E-state index in [9.17, 15) is 19.5 Å². The molecule has 0 bridgehead atoms. The number of ether oxygens (including phenoxy) is 2. The first-order valence-electron chi connectivity index (χ1n) is 7.82. The van der Waals surface area contributed by atoms with Crippen LogP contribution < -0.4 is 9.61 Å². The number of carbonyl (C=O) groups is 1. The number of hydrogen-bond donors (Lipinski definition) is 1. The molecular formula is C15H23N2O8P. The Morgan fingerprint density at radius 2 is 1.85 bits per heavy atom. The van der Waals surface area contributed by atoms with E-state index in [4.69, 9.17) is 18.5 Å².